The van der Waals surface area contributed by atoms with Crippen LogP contribution in [0.2, 0.25) is 0 Å². The molecular formula is C20H20BrNO4. The molecule has 6 heteroatoms. The number of hydrogen-bond donors (Lipinski definition) is 2. The van der Waals surface area contributed by atoms with E-state index in [9.17, 15) is 14.7 Å². The molecule has 1 amide bonds. The molecule has 0 aliphatic heterocycles. The number of carbonyl (C=O) groups is 2. The highest BCUT2D eigenvalue weighted by Gasteiger charge is 2.11. The fourth-order valence-corrected chi connectivity index (χ4v) is 2.52. The first kappa shape index (κ1) is 19.7. The van der Waals surface area contributed by atoms with Gasteiger partial charge in [-0.05, 0) is 58.3 Å². The van der Waals surface area contributed by atoms with Gasteiger partial charge in [-0.3, -0.25) is 4.79 Å². The van der Waals surface area contributed by atoms with E-state index in [1.165, 1.54) is 6.08 Å². The summed E-state index contributed by atoms with van der Waals surface area (Å²) in [5.41, 5.74) is 0.503. The molecule has 0 bridgehead atoms. The van der Waals surface area contributed by atoms with E-state index in [2.05, 4.69) is 21.2 Å². The van der Waals surface area contributed by atoms with Crippen molar-refractivity contribution in [2.45, 2.75) is 26.2 Å². The van der Waals surface area contributed by atoms with Crippen molar-refractivity contribution in [3.63, 3.8) is 0 Å². The van der Waals surface area contributed by atoms with Crippen molar-refractivity contribution in [2.24, 2.45) is 0 Å². The van der Waals surface area contributed by atoms with Crippen molar-refractivity contribution in [2.75, 3.05) is 0 Å². The summed E-state index contributed by atoms with van der Waals surface area (Å²) in [5.74, 6) is -0.166. The highest BCUT2D eigenvalue weighted by molar-refractivity contribution is 9.10. The predicted octanol–water partition coefficient (Wildman–Crippen LogP) is 4.97. The van der Waals surface area contributed by atoms with Crippen LogP contribution in [0.5, 0.6) is 11.5 Å². The number of aliphatic carboxylic acids is 1. The number of unbranched alkanes of at least 4 members (excludes halogenated alkanes) is 1. The quantitative estimate of drug-likeness (QED) is 0.594. The largest absolute Gasteiger partial charge is 0.477 e. The molecule has 0 aromatic heterocycles. The van der Waals surface area contributed by atoms with Gasteiger partial charge in [0.15, 0.2) is 0 Å². The lowest BCUT2D eigenvalue weighted by molar-refractivity contribution is -0.134. The van der Waals surface area contributed by atoms with E-state index >= 15 is 0 Å². The Bertz CT molecular complexity index is 800. The monoisotopic (exact) mass is 417 g/mol. The third-order valence-corrected chi connectivity index (χ3v) is 4.17. The molecule has 0 atom stereocenters. The van der Waals surface area contributed by atoms with Gasteiger partial charge >= 0.3 is 5.97 Å². The number of carbonyl (C=O) groups excluding carboxylic acids is 1. The summed E-state index contributed by atoms with van der Waals surface area (Å²) in [7, 11) is 0. The van der Waals surface area contributed by atoms with Crippen molar-refractivity contribution in [1.29, 1.82) is 0 Å². The van der Waals surface area contributed by atoms with Crippen molar-refractivity contribution in [3.8, 4) is 11.5 Å². The second-order valence-corrected chi connectivity index (χ2v) is 6.47. The third kappa shape index (κ3) is 6.04. The average Bonchev–Trinajstić information content (AvgIpc) is 2.62. The molecule has 0 radical (unpaired) electrons. The van der Waals surface area contributed by atoms with Gasteiger partial charge in [0, 0.05) is 6.42 Å². The zero-order chi connectivity index (χ0) is 18.9. The number of carboxylic acid groups (broad SMARTS) is 1. The van der Waals surface area contributed by atoms with Crippen molar-refractivity contribution in [3.05, 3.63) is 64.3 Å². The maximum Gasteiger partial charge on any atom is 0.352 e. The minimum Gasteiger partial charge on any atom is -0.477 e. The molecule has 0 spiro atoms. The molecule has 0 heterocycles. The molecule has 2 rings (SSSR count). The van der Waals surface area contributed by atoms with Crippen LogP contribution in [-0.2, 0) is 9.59 Å². The fourth-order valence-electron chi connectivity index (χ4n) is 2.15. The molecule has 5 nitrogen and oxygen atoms in total. The number of benzene rings is 2. The number of para-hydroxylation sites is 1. The summed E-state index contributed by atoms with van der Waals surface area (Å²) in [6.07, 6.45) is 3.33. The van der Waals surface area contributed by atoms with E-state index in [4.69, 9.17) is 4.74 Å². The lowest BCUT2D eigenvalue weighted by Gasteiger charge is -2.08. The molecule has 0 saturated heterocycles. The number of halogens is 1. The normalized spacial score (nSPS) is 11.1. The number of nitrogens with one attached hydrogen (secondary N) is 1. The van der Waals surface area contributed by atoms with Gasteiger partial charge in [0.05, 0.1) is 4.47 Å². The van der Waals surface area contributed by atoms with Gasteiger partial charge < -0.3 is 15.2 Å². The number of rotatable bonds is 8. The fraction of sp³-hybridized carbons (Fsp3) is 0.200. The van der Waals surface area contributed by atoms with Gasteiger partial charge in [0.2, 0.25) is 5.91 Å². The molecule has 0 unspecified atom stereocenters. The maximum absolute atomic E-state index is 11.8. The molecular weight excluding hydrogens is 398 g/mol. The molecule has 0 fully saturated rings. The van der Waals surface area contributed by atoms with Crippen LogP contribution in [0.3, 0.4) is 0 Å². The van der Waals surface area contributed by atoms with Crippen molar-refractivity contribution < 1.29 is 19.4 Å². The van der Waals surface area contributed by atoms with E-state index in [-0.39, 0.29) is 11.6 Å². The van der Waals surface area contributed by atoms with Gasteiger partial charge in [-0.1, -0.05) is 37.6 Å². The molecule has 0 aliphatic carbocycles. The maximum atomic E-state index is 11.8. The zero-order valence-corrected chi connectivity index (χ0v) is 16.0. The van der Waals surface area contributed by atoms with Crippen LogP contribution < -0.4 is 10.1 Å². The summed E-state index contributed by atoms with van der Waals surface area (Å²) < 4.78 is 6.61. The highest BCUT2D eigenvalue weighted by Crippen LogP contribution is 2.29. The Morgan fingerprint density at radius 3 is 2.46 bits per heavy atom. The van der Waals surface area contributed by atoms with Crippen LogP contribution in [-0.4, -0.2) is 17.0 Å². The molecule has 2 N–H and O–H groups in total. The summed E-state index contributed by atoms with van der Waals surface area (Å²) in [6.45, 7) is 1.97. The van der Waals surface area contributed by atoms with E-state index in [1.807, 2.05) is 31.2 Å². The zero-order valence-electron chi connectivity index (χ0n) is 14.4. The Labute approximate surface area is 160 Å². The van der Waals surface area contributed by atoms with Crippen molar-refractivity contribution in [1.82, 2.24) is 5.32 Å². The molecule has 0 saturated carbocycles. The first-order chi connectivity index (χ1) is 12.5. The first-order valence-electron chi connectivity index (χ1n) is 8.27. The van der Waals surface area contributed by atoms with E-state index < -0.39 is 5.97 Å². The van der Waals surface area contributed by atoms with E-state index in [0.717, 1.165) is 17.3 Å². The molecule has 2 aromatic rings. The number of hydrogen-bond acceptors (Lipinski definition) is 3. The van der Waals surface area contributed by atoms with Gasteiger partial charge in [0.1, 0.15) is 17.2 Å². The Morgan fingerprint density at radius 2 is 1.85 bits per heavy atom. The van der Waals surface area contributed by atoms with Gasteiger partial charge in [-0.15, -0.1) is 0 Å². The minimum absolute atomic E-state index is 0.148. The van der Waals surface area contributed by atoms with Gasteiger partial charge in [-0.25, -0.2) is 4.79 Å². The molecule has 0 aliphatic rings. The summed E-state index contributed by atoms with van der Waals surface area (Å²) in [6, 6.07) is 14.4. The van der Waals surface area contributed by atoms with Crippen LogP contribution in [0, 0.1) is 0 Å². The third-order valence-electron chi connectivity index (χ3n) is 3.52. The first-order valence-corrected chi connectivity index (χ1v) is 9.06. The Kier molecular flexibility index (Phi) is 7.41. The van der Waals surface area contributed by atoms with Crippen molar-refractivity contribution >= 4 is 33.9 Å². The van der Waals surface area contributed by atoms with Crippen LogP contribution >= 0.6 is 15.9 Å². The highest BCUT2D eigenvalue weighted by atomic mass is 79.9. The topological polar surface area (TPSA) is 75.6 Å². The molecule has 26 heavy (non-hydrogen) atoms. The summed E-state index contributed by atoms with van der Waals surface area (Å²) in [5, 5.41) is 11.7. The summed E-state index contributed by atoms with van der Waals surface area (Å²) in [4.78, 5) is 23.1. The van der Waals surface area contributed by atoms with Crippen LogP contribution in [0.4, 0.5) is 0 Å². The standard InChI is InChI=1S/C20H20BrNO4/c1-2-3-8-19(23)22-17(20(24)25)13-14-9-11-15(12-10-14)26-18-7-5-4-6-16(18)21/h4-7,9-13H,2-3,8H2,1H3,(H,22,23)(H,24,25). The second-order valence-electron chi connectivity index (χ2n) is 5.62. The number of ether oxygens (including phenoxy) is 1. The number of amides is 1. The van der Waals surface area contributed by atoms with Crippen LogP contribution in [0.1, 0.15) is 31.7 Å². The average molecular weight is 418 g/mol. The van der Waals surface area contributed by atoms with E-state index in [0.29, 0.717) is 23.5 Å². The van der Waals surface area contributed by atoms with Gasteiger partial charge in [0.25, 0.3) is 0 Å². The van der Waals surface area contributed by atoms with E-state index in [1.54, 1.807) is 24.3 Å². The van der Waals surface area contributed by atoms with Gasteiger partial charge in [-0.2, -0.15) is 0 Å². The Morgan fingerprint density at radius 1 is 1.15 bits per heavy atom. The number of carboxylic acids is 1. The van der Waals surface area contributed by atoms with Crippen LogP contribution in [0.15, 0.2) is 58.7 Å². The lowest BCUT2D eigenvalue weighted by atomic mass is 10.1. The molecule has 2 aromatic carbocycles. The SMILES string of the molecule is CCCCC(=O)NC(=Cc1ccc(Oc2ccccc2Br)cc1)C(=O)O. The second kappa shape index (κ2) is 9.77. The van der Waals surface area contributed by atoms with Crippen LogP contribution in [0.25, 0.3) is 6.08 Å². The minimum atomic E-state index is -1.18. The Hall–Kier alpha value is -2.60. The lowest BCUT2D eigenvalue weighted by Crippen LogP contribution is -2.26. The Balaban J connectivity index is 2.09. The predicted molar refractivity (Wildman–Crippen MR) is 104 cm³/mol. The summed E-state index contributed by atoms with van der Waals surface area (Å²) >= 11 is 3.42. The molecule has 136 valence electrons. The smallest absolute Gasteiger partial charge is 0.352 e.